The Bertz CT molecular complexity index is 599. The van der Waals surface area contributed by atoms with E-state index < -0.39 is 11.6 Å². The number of rotatable bonds is 2. The van der Waals surface area contributed by atoms with Gasteiger partial charge in [-0.05, 0) is 58.1 Å². The van der Waals surface area contributed by atoms with Gasteiger partial charge in [-0.3, -0.25) is 4.98 Å². The molecule has 0 atom stereocenters. The summed E-state index contributed by atoms with van der Waals surface area (Å²) in [6, 6.07) is 1.84. The monoisotopic (exact) mass is 320 g/mol. The number of hydrogen-bond donors (Lipinski definition) is 1. The van der Waals surface area contributed by atoms with Crippen molar-refractivity contribution in [3.05, 3.63) is 29.1 Å². The van der Waals surface area contributed by atoms with Gasteiger partial charge in [0.25, 0.3) is 0 Å². The molecule has 2 rings (SSSR count). The van der Waals surface area contributed by atoms with Gasteiger partial charge in [-0.25, -0.2) is 9.59 Å². The summed E-state index contributed by atoms with van der Waals surface area (Å²) < 4.78 is 5.38. The molecule has 0 bridgehead atoms. The second-order valence-electron chi connectivity index (χ2n) is 6.96. The second kappa shape index (κ2) is 6.56. The first-order valence-electron chi connectivity index (χ1n) is 7.85. The third-order valence-corrected chi connectivity index (χ3v) is 3.89. The van der Waals surface area contributed by atoms with Crippen LogP contribution in [-0.4, -0.2) is 45.7 Å². The second-order valence-corrected chi connectivity index (χ2v) is 6.96. The average Bonchev–Trinajstić information content (AvgIpc) is 2.45. The third-order valence-electron chi connectivity index (χ3n) is 3.89. The Balaban J connectivity index is 2.06. The number of aromatic carboxylic acids is 1. The molecular formula is C17H24N2O4. The van der Waals surface area contributed by atoms with E-state index in [0.29, 0.717) is 13.1 Å². The zero-order valence-electron chi connectivity index (χ0n) is 14.1. The Kier molecular flexibility index (Phi) is 4.92. The predicted octanol–water partition coefficient (Wildman–Crippen LogP) is 3.20. The Morgan fingerprint density at radius 2 is 1.91 bits per heavy atom. The van der Waals surface area contributed by atoms with Crippen molar-refractivity contribution in [2.45, 2.75) is 52.1 Å². The van der Waals surface area contributed by atoms with Gasteiger partial charge in [0.05, 0.1) is 5.56 Å². The van der Waals surface area contributed by atoms with E-state index in [1.54, 1.807) is 4.90 Å². The van der Waals surface area contributed by atoms with E-state index in [1.807, 2.05) is 33.8 Å². The summed E-state index contributed by atoms with van der Waals surface area (Å²) in [5.41, 5.74) is 1.37. The number of ether oxygens (including phenoxy) is 1. The number of aryl methyl sites for hydroxylation is 1. The molecule has 1 N–H and O–H groups in total. The molecule has 1 fully saturated rings. The van der Waals surface area contributed by atoms with E-state index >= 15 is 0 Å². The number of carbonyl (C=O) groups is 2. The topological polar surface area (TPSA) is 79.7 Å². The lowest BCUT2D eigenvalue weighted by molar-refractivity contribution is 0.0203. The average molecular weight is 320 g/mol. The summed E-state index contributed by atoms with van der Waals surface area (Å²) in [5, 5.41) is 9.33. The van der Waals surface area contributed by atoms with Crippen LogP contribution in [0.3, 0.4) is 0 Å². The molecule has 0 unspecified atom stereocenters. The number of likely N-dealkylation sites (tertiary alicyclic amines) is 1. The van der Waals surface area contributed by atoms with Crippen LogP contribution in [0.1, 0.15) is 61.1 Å². The fourth-order valence-corrected chi connectivity index (χ4v) is 2.80. The van der Waals surface area contributed by atoms with Crippen LogP contribution in [0.4, 0.5) is 4.79 Å². The van der Waals surface area contributed by atoms with Crippen molar-refractivity contribution >= 4 is 12.1 Å². The molecule has 0 aromatic carbocycles. The molecule has 23 heavy (non-hydrogen) atoms. The number of hydrogen-bond acceptors (Lipinski definition) is 4. The minimum Gasteiger partial charge on any atom is -0.478 e. The zero-order valence-corrected chi connectivity index (χ0v) is 14.1. The van der Waals surface area contributed by atoms with Crippen molar-refractivity contribution in [1.82, 2.24) is 9.88 Å². The third kappa shape index (κ3) is 4.43. The fraction of sp³-hybridized carbons (Fsp3) is 0.588. The van der Waals surface area contributed by atoms with Crippen molar-refractivity contribution < 1.29 is 19.4 Å². The molecule has 1 aromatic rings. The highest BCUT2D eigenvalue weighted by Crippen LogP contribution is 2.31. The molecule has 1 aliphatic heterocycles. The van der Waals surface area contributed by atoms with Gasteiger partial charge in [0.1, 0.15) is 5.60 Å². The van der Waals surface area contributed by atoms with Gasteiger partial charge < -0.3 is 14.7 Å². The summed E-state index contributed by atoms with van der Waals surface area (Å²) in [7, 11) is 0. The summed E-state index contributed by atoms with van der Waals surface area (Å²) in [5.74, 6) is -0.830. The van der Waals surface area contributed by atoms with Crippen molar-refractivity contribution in [2.24, 2.45) is 0 Å². The number of carbonyl (C=O) groups excluding carboxylic acids is 1. The molecule has 126 valence electrons. The van der Waals surface area contributed by atoms with Gasteiger partial charge in [0.15, 0.2) is 0 Å². The molecule has 1 amide bonds. The molecule has 1 saturated heterocycles. The van der Waals surface area contributed by atoms with Crippen LogP contribution in [0.2, 0.25) is 0 Å². The van der Waals surface area contributed by atoms with Crippen LogP contribution >= 0.6 is 0 Å². The number of amides is 1. The maximum Gasteiger partial charge on any atom is 0.410 e. The summed E-state index contributed by atoms with van der Waals surface area (Å²) in [4.78, 5) is 29.2. The molecule has 0 radical (unpaired) electrons. The van der Waals surface area contributed by atoms with Crippen molar-refractivity contribution in [3.8, 4) is 0 Å². The quantitative estimate of drug-likeness (QED) is 0.905. The fourth-order valence-electron chi connectivity index (χ4n) is 2.80. The van der Waals surface area contributed by atoms with E-state index in [-0.39, 0.29) is 17.6 Å². The van der Waals surface area contributed by atoms with Gasteiger partial charge in [-0.15, -0.1) is 0 Å². The molecule has 2 heterocycles. The molecule has 6 nitrogen and oxygen atoms in total. The first kappa shape index (κ1) is 17.2. The number of nitrogens with zero attached hydrogens (tertiary/aromatic N) is 2. The Morgan fingerprint density at radius 1 is 1.30 bits per heavy atom. The van der Waals surface area contributed by atoms with Gasteiger partial charge in [-0.2, -0.15) is 0 Å². The Labute approximate surface area is 136 Å². The van der Waals surface area contributed by atoms with Crippen LogP contribution in [0.5, 0.6) is 0 Å². The van der Waals surface area contributed by atoms with Crippen LogP contribution < -0.4 is 0 Å². The number of carboxylic acid groups (broad SMARTS) is 1. The van der Waals surface area contributed by atoms with E-state index in [4.69, 9.17) is 4.74 Å². The summed E-state index contributed by atoms with van der Waals surface area (Å²) in [6.45, 7) is 8.52. The zero-order chi connectivity index (χ0) is 17.2. The number of carboxylic acids is 1. The highest BCUT2D eigenvalue weighted by Gasteiger charge is 2.29. The largest absolute Gasteiger partial charge is 0.478 e. The van der Waals surface area contributed by atoms with Crippen LogP contribution in [0.25, 0.3) is 0 Å². The highest BCUT2D eigenvalue weighted by molar-refractivity contribution is 5.89. The van der Waals surface area contributed by atoms with Gasteiger partial charge >= 0.3 is 12.1 Å². The molecule has 1 aromatic heterocycles. The highest BCUT2D eigenvalue weighted by atomic mass is 16.6. The van der Waals surface area contributed by atoms with Gasteiger partial charge in [0, 0.05) is 25.0 Å². The van der Waals surface area contributed by atoms with Crippen molar-refractivity contribution in [1.29, 1.82) is 0 Å². The predicted molar refractivity (Wildman–Crippen MR) is 85.7 cm³/mol. The van der Waals surface area contributed by atoms with Crippen LogP contribution in [0.15, 0.2) is 12.3 Å². The van der Waals surface area contributed by atoms with E-state index in [1.165, 1.54) is 6.20 Å². The maximum atomic E-state index is 12.1. The van der Waals surface area contributed by atoms with Crippen LogP contribution in [-0.2, 0) is 4.74 Å². The molecule has 0 saturated carbocycles. The normalized spacial score (nSPS) is 16.3. The molecule has 0 spiro atoms. The molecular weight excluding hydrogens is 296 g/mol. The molecule has 1 aliphatic rings. The minimum absolute atomic E-state index is 0.126. The van der Waals surface area contributed by atoms with E-state index in [2.05, 4.69) is 4.98 Å². The smallest absolute Gasteiger partial charge is 0.410 e. The number of piperidine rings is 1. The summed E-state index contributed by atoms with van der Waals surface area (Å²) in [6.07, 6.45) is 2.57. The van der Waals surface area contributed by atoms with Crippen molar-refractivity contribution in [3.63, 3.8) is 0 Å². The van der Waals surface area contributed by atoms with E-state index in [0.717, 1.165) is 24.1 Å². The standard InChI is InChI=1S/C17H24N2O4/c1-11-9-13(14(10-18-11)15(20)21)12-5-7-19(8-6-12)16(22)23-17(2,3)4/h9-10,12H,5-8H2,1-4H3,(H,20,21). The Hall–Kier alpha value is -2.11. The van der Waals surface area contributed by atoms with Gasteiger partial charge in [-0.1, -0.05) is 0 Å². The Morgan fingerprint density at radius 3 is 2.43 bits per heavy atom. The lowest BCUT2D eigenvalue weighted by Gasteiger charge is -2.34. The van der Waals surface area contributed by atoms with Crippen molar-refractivity contribution in [2.75, 3.05) is 13.1 Å². The van der Waals surface area contributed by atoms with E-state index in [9.17, 15) is 14.7 Å². The summed E-state index contributed by atoms with van der Waals surface area (Å²) >= 11 is 0. The maximum absolute atomic E-state index is 12.1. The number of pyridine rings is 1. The first-order chi connectivity index (χ1) is 10.7. The first-order valence-corrected chi connectivity index (χ1v) is 7.85. The minimum atomic E-state index is -0.956. The van der Waals surface area contributed by atoms with Gasteiger partial charge in [0.2, 0.25) is 0 Å². The molecule has 6 heteroatoms. The molecule has 0 aliphatic carbocycles. The lowest BCUT2D eigenvalue weighted by Crippen LogP contribution is -2.41. The van der Waals surface area contributed by atoms with Crippen LogP contribution in [0, 0.1) is 6.92 Å². The number of aromatic nitrogens is 1. The lowest BCUT2D eigenvalue weighted by atomic mass is 9.87. The SMILES string of the molecule is Cc1cc(C2CCN(C(=O)OC(C)(C)C)CC2)c(C(=O)O)cn1.